The average Bonchev–Trinajstić information content (AvgIpc) is 2.74. The molecular formula is C14H21Cl2N5O2. The quantitative estimate of drug-likeness (QED) is 0.851. The summed E-state index contributed by atoms with van der Waals surface area (Å²) >= 11 is 0. The average molecular weight is 362 g/mol. The van der Waals surface area contributed by atoms with Gasteiger partial charge in [0.1, 0.15) is 11.4 Å². The van der Waals surface area contributed by atoms with Crippen LogP contribution < -0.4 is 15.8 Å². The number of halogens is 2. The lowest BCUT2D eigenvalue weighted by Crippen LogP contribution is -2.27. The molecule has 0 radical (unpaired) electrons. The van der Waals surface area contributed by atoms with Gasteiger partial charge in [-0.2, -0.15) is 5.10 Å². The van der Waals surface area contributed by atoms with Gasteiger partial charge in [0.2, 0.25) is 11.8 Å². The lowest BCUT2D eigenvalue weighted by atomic mass is 10.1. The summed E-state index contributed by atoms with van der Waals surface area (Å²) in [5.74, 6) is 0.585. The van der Waals surface area contributed by atoms with Crippen molar-refractivity contribution in [1.82, 2.24) is 14.8 Å². The summed E-state index contributed by atoms with van der Waals surface area (Å²) in [5.41, 5.74) is 6.73. The van der Waals surface area contributed by atoms with E-state index in [0.29, 0.717) is 23.0 Å². The van der Waals surface area contributed by atoms with Gasteiger partial charge in [-0.1, -0.05) is 6.92 Å². The Balaban J connectivity index is 0.00000242. The molecule has 1 unspecified atom stereocenters. The first-order valence-electron chi connectivity index (χ1n) is 6.65. The standard InChI is InChI=1S/C14H19N5O2.2ClH/c1-9(7-15)13(20)17-12-10(2)18-19(3)14(12)21-11-5-4-6-16-8-11;;/h4-6,8-9H,7,15H2,1-3H3,(H,17,20);2*1H. The second kappa shape index (κ2) is 9.34. The highest BCUT2D eigenvalue weighted by Gasteiger charge is 2.20. The largest absolute Gasteiger partial charge is 0.436 e. The molecule has 3 N–H and O–H groups in total. The normalized spacial score (nSPS) is 11.0. The molecule has 9 heteroatoms. The van der Waals surface area contributed by atoms with E-state index < -0.39 is 0 Å². The first-order valence-corrected chi connectivity index (χ1v) is 6.65. The van der Waals surface area contributed by atoms with Gasteiger partial charge in [-0.15, -0.1) is 24.8 Å². The van der Waals surface area contributed by atoms with Crippen molar-refractivity contribution in [1.29, 1.82) is 0 Å². The second-order valence-corrected chi connectivity index (χ2v) is 4.81. The van der Waals surface area contributed by atoms with Crippen LogP contribution in [-0.2, 0) is 11.8 Å². The van der Waals surface area contributed by atoms with Crippen LogP contribution in [0.1, 0.15) is 12.6 Å². The van der Waals surface area contributed by atoms with Gasteiger partial charge < -0.3 is 15.8 Å². The van der Waals surface area contributed by atoms with Crippen molar-refractivity contribution in [3.05, 3.63) is 30.2 Å². The van der Waals surface area contributed by atoms with E-state index in [1.165, 1.54) is 0 Å². The van der Waals surface area contributed by atoms with Gasteiger partial charge >= 0.3 is 0 Å². The topological polar surface area (TPSA) is 95.1 Å². The van der Waals surface area contributed by atoms with Crippen LogP contribution in [-0.4, -0.2) is 27.2 Å². The van der Waals surface area contributed by atoms with Crippen LogP contribution in [0.2, 0.25) is 0 Å². The maximum Gasteiger partial charge on any atom is 0.241 e. The molecule has 0 fully saturated rings. The van der Waals surface area contributed by atoms with Crippen LogP contribution in [0.5, 0.6) is 11.6 Å². The number of nitrogens with one attached hydrogen (secondary N) is 1. The summed E-state index contributed by atoms with van der Waals surface area (Å²) in [6.45, 7) is 3.85. The second-order valence-electron chi connectivity index (χ2n) is 4.81. The van der Waals surface area contributed by atoms with Gasteiger partial charge in [0.05, 0.1) is 11.9 Å². The van der Waals surface area contributed by atoms with E-state index in [4.69, 9.17) is 10.5 Å². The fourth-order valence-corrected chi connectivity index (χ4v) is 1.77. The molecule has 1 atom stereocenters. The van der Waals surface area contributed by atoms with E-state index in [0.717, 1.165) is 0 Å². The van der Waals surface area contributed by atoms with Crippen molar-refractivity contribution in [2.24, 2.45) is 18.7 Å². The molecule has 0 aromatic carbocycles. The van der Waals surface area contributed by atoms with Crippen molar-refractivity contribution in [3.8, 4) is 11.6 Å². The number of aryl methyl sites for hydroxylation is 2. The molecule has 2 heterocycles. The molecular weight excluding hydrogens is 341 g/mol. The first kappa shape index (κ1) is 21.2. The van der Waals surface area contributed by atoms with Gasteiger partial charge in [-0.3, -0.25) is 9.78 Å². The number of hydrogen-bond donors (Lipinski definition) is 2. The van der Waals surface area contributed by atoms with Gasteiger partial charge in [-0.25, -0.2) is 4.68 Å². The Hall–Kier alpha value is -1.83. The predicted octanol–water partition coefficient (Wildman–Crippen LogP) is 2.29. The van der Waals surface area contributed by atoms with Crippen LogP contribution >= 0.6 is 24.8 Å². The van der Waals surface area contributed by atoms with E-state index in [-0.39, 0.29) is 43.2 Å². The molecule has 0 aliphatic carbocycles. The predicted molar refractivity (Wildman–Crippen MR) is 93.6 cm³/mol. The van der Waals surface area contributed by atoms with E-state index in [1.54, 1.807) is 50.1 Å². The summed E-state index contributed by atoms with van der Waals surface area (Å²) in [6, 6.07) is 3.55. The third-order valence-corrected chi connectivity index (χ3v) is 3.07. The Morgan fingerprint density at radius 3 is 2.74 bits per heavy atom. The zero-order valence-electron chi connectivity index (χ0n) is 13.1. The fraction of sp³-hybridized carbons (Fsp3) is 0.357. The van der Waals surface area contributed by atoms with E-state index >= 15 is 0 Å². The maximum atomic E-state index is 12.0. The molecule has 0 saturated carbocycles. The Kier molecular flexibility index (Phi) is 8.60. The lowest BCUT2D eigenvalue weighted by Gasteiger charge is -2.12. The van der Waals surface area contributed by atoms with Gasteiger partial charge in [0, 0.05) is 25.7 Å². The molecule has 23 heavy (non-hydrogen) atoms. The fourth-order valence-electron chi connectivity index (χ4n) is 1.77. The summed E-state index contributed by atoms with van der Waals surface area (Å²) in [7, 11) is 1.75. The van der Waals surface area contributed by atoms with Crippen molar-refractivity contribution >= 4 is 36.4 Å². The molecule has 0 aliphatic heterocycles. The summed E-state index contributed by atoms with van der Waals surface area (Å²) < 4.78 is 7.34. The molecule has 0 spiro atoms. The minimum Gasteiger partial charge on any atom is -0.436 e. The van der Waals surface area contributed by atoms with Crippen LogP contribution in [0, 0.1) is 12.8 Å². The van der Waals surface area contributed by atoms with E-state index in [2.05, 4.69) is 15.4 Å². The van der Waals surface area contributed by atoms with Crippen molar-refractivity contribution < 1.29 is 9.53 Å². The summed E-state index contributed by atoms with van der Waals surface area (Å²) in [5, 5.41) is 7.09. The van der Waals surface area contributed by atoms with Gasteiger partial charge in [0.25, 0.3) is 0 Å². The molecule has 7 nitrogen and oxygen atoms in total. The number of aromatic nitrogens is 3. The highest BCUT2D eigenvalue weighted by atomic mass is 35.5. The molecule has 2 rings (SSSR count). The number of amides is 1. The summed E-state index contributed by atoms with van der Waals surface area (Å²) in [6.07, 6.45) is 3.25. The Labute approximate surface area is 147 Å². The zero-order chi connectivity index (χ0) is 15.4. The monoisotopic (exact) mass is 361 g/mol. The smallest absolute Gasteiger partial charge is 0.241 e. The molecule has 128 valence electrons. The van der Waals surface area contributed by atoms with Crippen LogP contribution in [0.4, 0.5) is 5.69 Å². The highest BCUT2D eigenvalue weighted by Crippen LogP contribution is 2.31. The number of nitrogens with two attached hydrogens (primary N) is 1. The van der Waals surface area contributed by atoms with E-state index in [1.807, 2.05) is 0 Å². The molecule has 1 amide bonds. The third-order valence-electron chi connectivity index (χ3n) is 3.07. The third kappa shape index (κ3) is 5.09. The minimum atomic E-state index is -0.282. The molecule has 0 aliphatic rings. The molecule has 2 aromatic heterocycles. The SMILES string of the molecule is Cc1nn(C)c(Oc2cccnc2)c1NC(=O)C(C)CN.Cl.Cl. The van der Waals surface area contributed by atoms with Crippen LogP contribution in [0.15, 0.2) is 24.5 Å². The van der Waals surface area contributed by atoms with Crippen molar-refractivity contribution in [2.75, 3.05) is 11.9 Å². The zero-order valence-corrected chi connectivity index (χ0v) is 14.8. The number of carbonyl (C=O) groups excluding carboxylic acids is 1. The Bertz CT molecular complexity index is 634. The molecule has 0 saturated heterocycles. The summed E-state index contributed by atoms with van der Waals surface area (Å²) in [4.78, 5) is 16.0. The minimum absolute atomic E-state index is 0. The number of nitrogens with zero attached hydrogens (tertiary/aromatic N) is 3. The molecule has 2 aromatic rings. The highest BCUT2D eigenvalue weighted by molar-refractivity contribution is 5.94. The molecule has 0 bridgehead atoms. The lowest BCUT2D eigenvalue weighted by molar-refractivity contribution is -0.119. The number of carbonyl (C=O) groups is 1. The van der Waals surface area contributed by atoms with Gasteiger partial charge in [-0.05, 0) is 19.1 Å². The van der Waals surface area contributed by atoms with Crippen LogP contribution in [0.3, 0.4) is 0 Å². The first-order chi connectivity index (χ1) is 10.0. The van der Waals surface area contributed by atoms with Gasteiger partial charge in [0.15, 0.2) is 0 Å². The Morgan fingerprint density at radius 2 is 2.17 bits per heavy atom. The van der Waals surface area contributed by atoms with Crippen molar-refractivity contribution in [2.45, 2.75) is 13.8 Å². The maximum absolute atomic E-state index is 12.0. The Morgan fingerprint density at radius 1 is 1.48 bits per heavy atom. The number of hydrogen-bond acceptors (Lipinski definition) is 5. The van der Waals surface area contributed by atoms with E-state index in [9.17, 15) is 4.79 Å². The van der Waals surface area contributed by atoms with Crippen LogP contribution in [0.25, 0.3) is 0 Å². The number of ether oxygens (including phenoxy) is 1. The van der Waals surface area contributed by atoms with Crippen molar-refractivity contribution in [3.63, 3.8) is 0 Å². The number of pyridine rings is 1. The number of rotatable bonds is 5. The number of anilines is 1.